The molecule has 0 spiro atoms. The van der Waals surface area contributed by atoms with Gasteiger partial charge in [0.15, 0.2) is 5.78 Å². The maximum absolute atomic E-state index is 12.9. The predicted molar refractivity (Wildman–Crippen MR) is 87.6 cm³/mol. The van der Waals surface area contributed by atoms with E-state index in [9.17, 15) is 9.59 Å². The number of aromatic nitrogens is 1. The van der Waals surface area contributed by atoms with Crippen LogP contribution < -0.4 is 0 Å². The molecule has 4 nitrogen and oxygen atoms in total. The topological polar surface area (TPSA) is 53.2 Å². The number of carbonyl (C=O) groups excluding carboxylic acids is 2. The molecule has 3 rings (SSSR count). The number of aryl methyl sites for hydroxylation is 1. The molecule has 0 aliphatic carbocycles. The molecule has 116 valence electrons. The van der Waals surface area contributed by atoms with Crippen LogP contribution in [0.2, 0.25) is 0 Å². The van der Waals surface area contributed by atoms with Crippen molar-refractivity contribution in [2.45, 2.75) is 39.7 Å². The molecule has 3 heterocycles. The quantitative estimate of drug-likeness (QED) is 0.874. The number of hydrogen-bond acceptors (Lipinski definition) is 3. The summed E-state index contributed by atoms with van der Waals surface area (Å²) in [5.41, 5.74) is 2.76. The predicted octanol–water partition coefficient (Wildman–Crippen LogP) is 3.87. The van der Waals surface area contributed by atoms with E-state index in [1.165, 1.54) is 4.88 Å². The molecular weight excluding hydrogens is 296 g/mol. The standard InChI is InChI=1S/C17H20N2O2S/c1-10-15(12(3)20)11(2)18-16(10)17(21)19-8-4-6-13(19)14-7-5-9-22-14/h5,7,9,13,18H,4,6,8H2,1-3H3. The van der Waals surface area contributed by atoms with Crippen LogP contribution in [0.3, 0.4) is 0 Å². The summed E-state index contributed by atoms with van der Waals surface area (Å²) in [5, 5.41) is 2.05. The lowest BCUT2D eigenvalue weighted by molar-refractivity contribution is 0.0731. The number of aromatic amines is 1. The molecule has 1 aliphatic rings. The van der Waals surface area contributed by atoms with Gasteiger partial charge in [0.1, 0.15) is 5.69 Å². The Balaban J connectivity index is 1.94. The number of H-pyrrole nitrogens is 1. The minimum atomic E-state index is 0.00142. The first-order valence-electron chi connectivity index (χ1n) is 7.55. The fourth-order valence-corrected chi connectivity index (χ4v) is 4.30. The van der Waals surface area contributed by atoms with E-state index in [0.29, 0.717) is 11.3 Å². The van der Waals surface area contributed by atoms with E-state index in [1.807, 2.05) is 30.2 Å². The second-order valence-electron chi connectivity index (χ2n) is 5.85. The Hall–Kier alpha value is -1.88. The fraction of sp³-hybridized carbons (Fsp3) is 0.412. The van der Waals surface area contributed by atoms with Gasteiger partial charge in [-0.25, -0.2) is 0 Å². The minimum absolute atomic E-state index is 0.00142. The first kappa shape index (κ1) is 15.0. The molecule has 1 N–H and O–H groups in total. The van der Waals surface area contributed by atoms with Crippen LogP contribution in [0.1, 0.15) is 62.8 Å². The largest absolute Gasteiger partial charge is 0.354 e. The molecule has 0 bridgehead atoms. The second kappa shape index (κ2) is 5.72. The summed E-state index contributed by atoms with van der Waals surface area (Å²) < 4.78 is 0. The van der Waals surface area contributed by atoms with Gasteiger partial charge in [-0.1, -0.05) is 6.07 Å². The molecule has 0 aromatic carbocycles. The van der Waals surface area contributed by atoms with Crippen molar-refractivity contribution in [2.24, 2.45) is 0 Å². The van der Waals surface area contributed by atoms with Gasteiger partial charge in [-0.3, -0.25) is 9.59 Å². The Labute approximate surface area is 134 Å². The number of ketones is 1. The van der Waals surface area contributed by atoms with E-state index in [0.717, 1.165) is 30.6 Å². The van der Waals surface area contributed by atoms with Crippen LogP contribution in [0.4, 0.5) is 0 Å². The van der Waals surface area contributed by atoms with Crippen molar-refractivity contribution in [3.63, 3.8) is 0 Å². The van der Waals surface area contributed by atoms with Crippen molar-refractivity contribution in [3.05, 3.63) is 44.9 Å². The Bertz CT molecular complexity index is 715. The molecule has 0 radical (unpaired) electrons. The third-order valence-electron chi connectivity index (χ3n) is 4.39. The van der Waals surface area contributed by atoms with Crippen LogP contribution in [0, 0.1) is 13.8 Å². The summed E-state index contributed by atoms with van der Waals surface area (Å²) in [6.07, 6.45) is 2.02. The highest BCUT2D eigenvalue weighted by molar-refractivity contribution is 7.10. The molecule has 2 aromatic rings. The van der Waals surface area contributed by atoms with Gasteiger partial charge < -0.3 is 9.88 Å². The van der Waals surface area contributed by atoms with Gasteiger partial charge in [-0.15, -0.1) is 11.3 Å². The third-order valence-corrected chi connectivity index (χ3v) is 5.36. The summed E-state index contributed by atoms with van der Waals surface area (Å²) >= 11 is 1.70. The van der Waals surface area contributed by atoms with Crippen LogP contribution in [-0.4, -0.2) is 28.1 Å². The number of Topliss-reactive ketones (excluding diaryl/α,β-unsaturated/α-hetero) is 1. The summed E-state index contributed by atoms with van der Waals surface area (Å²) in [6, 6.07) is 4.28. The lowest BCUT2D eigenvalue weighted by Crippen LogP contribution is -2.31. The van der Waals surface area contributed by atoms with Gasteiger partial charge in [0.2, 0.25) is 0 Å². The van der Waals surface area contributed by atoms with Gasteiger partial charge >= 0.3 is 0 Å². The average molecular weight is 316 g/mol. The van der Waals surface area contributed by atoms with Crippen LogP contribution in [0.5, 0.6) is 0 Å². The summed E-state index contributed by atoms with van der Waals surface area (Å²) in [7, 11) is 0. The van der Waals surface area contributed by atoms with Gasteiger partial charge in [-0.2, -0.15) is 0 Å². The van der Waals surface area contributed by atoms with Gasteiger partial charge in [-0.05, 0) is 50.6 Å². The number of rotatable bonds is 3. The van der Waals surface area contributed by atoms with Crippen molar-refractivity contribution in [2.75, 3.05) is 6.54 Å². The minimum Gasteiger partial charge on any atom is -0.354 e. The zero-order valence-corrected chi connectivity index (χ0v) is 13.9. The van der Waals surface area contributed by atoms with Crippen LogP contribution in [0.15, 0.2) is 17.5 Å². The lowest BCUT2D eigenvalue weighted by atomic mass is 10.1. The molecule has 2 aromatic heterocycles. The highest BCUT2D eigenvalue weighted by Crippen LogP contribution is 2.36. The van der Waals surface area contributed by atoms with E-state index in [-0.39, 0.29) is 17.7 Å². The van der Waals surface area contributed by atoms with Crippen LogP contribution in [0.25, 0.3) is 0 Å². The van der Waals surface area contributed by atoms with Crippen molar-refractivity contribution in [3.8, 4) is 0 Å². The Kier molecular flexibility index (Phi) is 3.91. The van der Waals surface area contributed by atoms with Gasteiger partial charge in [0, 0.05) is 22.7 Å². The monoisotopic (exact) mass is 316 g/mol. The molecule has 1 aliphatic heterocycles. The average Bonchev–Trinajstić information content (AvgIpc) is 3.16. The molecule has 22 heavy (non-hydrogen) atoms. The lowest BCUT2D eigenvalue weighted by Gasteiger charge is -2.23. The van der Waals surface area contributed by atoms with E-state index < -0.39 is 0 Å². The van der Waals surface area contributed by atoms with Crippen molar-refractivity contribution in [1.82, 2.24) is 9.88 Å². The van der Waals surface area contributed by atoms with Crippen molar-refractivity contribution in [1.29, 1.82) is 0 Å². The van der Waals surface area contributed by atoms with E-state index in [1.54, 1.807) is 18.3 Å². The molecule has 1 unspecified atom stereocenters. The van der Waals surface area contributed by atoms with Crippen LogP contribution in [-0.2, 0) is 0 Å². The maximum atomic E-state index is 12.9. The SMILES string of the molecule is CC(=O)c1c(C)[nH]c(C(=O)N2CCCC2c2cccs2)c1C. The zero-order valence-electron chi connectivity index (χ0n) is 13.1. The zero-order chi connectivity index (χ0) is 15.9. The normalized spacial score (nSPS) is 18.0. The Morgan fingerprint density at radius 1 is 1.36 bits per heavy atom. The number of hydrogen-bond donors (Lipinski definition) is 1. The number of likely N-dealkylation sites (tertiary alicyclic amines) is 1. The summed E-state index contributed by atoms with van der Waals surface area (Å²) in [4.78, 5) is 31.0. The van der Waals surface area contributed by atoms with Crippen molar-refractivity contribution < 1.29 is 9.59 Å². The first-order valence-corrected chi connectivity index (χ1v) is 8.43. The molecule has 1 saturated heterocycles. The van der Waals surface area contributed by atoms with E-state index in [4.69, 9.17) is 0 Å². The Morgan fingerprint density at radius 2 is 2.14 bits per heavy atom. The maximum Gasteiger partial charge on any atom is 0.271 e. The molecular formula is C17H20N2O2S. The highest BCUT2D eigenvalue weighted by Gasteiger charge is 2.33. The van der Waals surface area contributed by atoms with Crippen molar-refractivity contribution >= 4 is 23.0 Å². The molecule has 1 atom stereocenters. The summed E-state index contributed by atoms with van der Waals surface area (Å²) in [5.74, 6) is 0.00512. The summed E-state index contributed by atoms with van der Waals surface area (Å²) in [6.45, 7) is 6.01. The van der Waals surface area contributed by atoms with Crippen LogP contribution >= 0.6 is 11.3 Å². The van der Waals surface area contributed by atoms with E-state index >= 15 is 0 Å². The number of nitrogens with zero attached hydrogens (tertiary/aromatic N) is 1. The number of amides is 1. The number of thiophene rings is 1. The number of carbonyl (C=O) groups is 2. The number of nitrogens with one attached hydrogen (secondary N) is 1. The smallest absolute Gasteiger partial charge is 0.271 e. The highest BCUT2D eigenvalue weighted by atomic mass is 32.1. The fourth-order valence-electron chi connectivity index (χ4n) is 3.42. The molecule has 0 saturated carbocycles. The van der Waals surface area contributed by atoms with Gasteiger partial charge in [0.05, 0.1) is 6.04 Å². The first-order chi connectivity index (χ1) is 10.5. The third kappa shape index (κ3) is 2.39. The molecule has 1 fully saturated rings. The van der Waals surface area contributed by atoms with Gasteiger partial charge in [0.25, 0.3) is 5.91 Å². The van der Waals surface area contributed by atoms with E-state index in [2.05, 4.69) is 11.1 Å². The second-order valence-corrected chi connectivity index (χ2v) is 6.83. The Morgan fingerprint density at radius 3 is 2.73 bits per heavy atom. The molecule has 1 amide bonds. The molecule has 5 heteroatoms.